The second kappa shape index (κ2) is 5.26. The number of nitrogens with one attached hydrogen (secondary N) is 1. The van der Waals surface area contributed by atoms with Gasteiger partial charge in [0.15, 0.2) is 0 Å². The van der Waals surface area contributed by atoms with Crippen LogP contribution in [0.4, 0.5) is 5.69 Å². The lowest BCUT2D eigenvalue weighted by molar-refractivity contribution is 0.881. The van der Waals surface area contributed by atoms with Crippen molar-refractivity contribution in [1.82, 2.24) is 0 Å². The van der Waals surface area contributed by atoms with Crippen LogP contribution in [-0.4, -0.2) is 0 Å². The van der Waals surface area contributed by atoms with Gasteiger partial charge in [0.05, 0.1) is 0 Å². The van der Waals surface area contributed by atoms with Crippen LogP contribution in [0.1, 0.15) is 35.2 Å². The van der Waals surface area contributed by atoms with Crippen LogP contribution in [0.2, 0.25) is 0 Å². The Balaban J connectivity index is 2.15. The van der Waals surface area contributed by atoms with Crippen molar-refractivity contribution in [3.8, 4) is 0 Å². The molecule has 0 aliphatic carbocycles. The Bertz CT molecular complexity index is 526. The van der Waals surface area contributed by atoms with Gasteiger partial charge < -0.3 is 5.32 Å². The van der Waals surface area contributed by atoms with E-state index in [1.54, 1.807) is 0 Å². The van der Waals surface area contributed by atoms with E-state index in [9.17, 15) is 0 Å². The highest BCUT2D eigenvalue weighted by molar-refractivity contribution is 5.53. The summed E-state index contributed by atoms with van der Waals surface area (Å²) in [6.45, 7) is 8.59. The molecule has 0 saturated carbocycles. The van der Waals surface area contributed by atoms with E-state index in [2.05, 4.69) is 75.5 Å². The Morgan fingerprint density at radius 1 is 0.833 bits per heavy atom. The van der Waals surface area contributed by atoms with Crippen LogP contribution in [0, 0.1) is 20.8 Å². The molecule has 18 heavy (non-hydrogen) atoms. The predicted octanol–water partition coefficient (Wildman–Crippen LogP) is 4.78. The molecule has 0 bridgehead atoms. The fourth-order valence-corrected chi connectivity index (χ4v) is 2.15. The molecule has 0 aliphatic rings. The van der Waals surface area contributed by atoms with Gasteiger partial charge in [-0.1, -0.05) is 47.5 Å². The molecule has 94 valence electrons. The van der Waals surface area contributed by atoms with E-state index >= 15 is 0 Å². The van der Waals surface area contributed by atoms with Gasteiger partial charge in [-0.05, 0) is 44.9 Å². The minimum Gasteiger partial charge on any atom is -0.378 e. The van der Waals surface area contributed by atoms with Crippen LogP contribution in [-0.2, 0) is 0 Å². The van der Waals surface area contributed by atoms with Crippen LogP contribution in [0.3, 0.4) is 0 Å². The Labute approximate surface area is 110 Å². The van der Waals surface area contributed by atoms with Gasteiger partial charge in [0, 0.05) is 11.7 Å². The summed E-state index contributed by atoms with van der Waals surface area (Å²) in [6, 6.07) is 15.6. The van der Waals surface area contributed by atoms with Crippen molar-refractivity contribution in [2.45, 2.75) is 33.7 Å². The van der Waals surface area contributed by atoms with E-state index in [0.717, 1.165) is 0 Å². The van der Waals surface area contributed by atoms with Crippen LogP contribution < -0.4 is 5.32 Å². The smallest absolute Gasteiger partial charge is 0.0485 e. The first kappa shape index (κ1) is 12.7. The second-order valence-electron chi connectivity index (χ2n) is 5.10. The maximum absolute atomic E-state index is 3.57. The van der Waals surface area contributed by atoms with Crippen molar-refractivity contribution in [1.29, 1.82) is 0 Å². The molecule has 0 radical (unpaired) electrons. The summed E-state index contributed by atoms with van der Waals surface area (Å²) < 4.78 is 0. The maximum atomic E-state index is 3.57. The lowest BCUT2D eigenvalue weighted by Gasteiger charge is -2.18. The summed E-state index contributed by atoms with van der Waals surface area (Å²) in [4.78, 5) is 0. The van der Waals surface area contributed by atoms with E-state index in [0.29, 0.717) is 6.04 Å². The molecule has 0 saturated heterocycles. The molecule has 1 heteroatoms. The molecule has 0 aliphatic heterocycles. The van der Waals surface area contributed by atoms with Crippen molar-refractivity contribution in [3.05, 3.63) is 64.7 Å². The van der Waals surface area contributed by atoms with Crippen LogP contribution in [0.5, 0.6) is 0 Å². The first-order chi connectivity index (χ1) is 8.56. The molecular weight excluding hydrogens is 218 g/mol. The molecule has 0 fully saturated rings. The largest absolute Gasteiger partial charge is 0.378 e. The predicted molar refractivity (Wildman–Crippen MR) is 79.1 cm³/mol. The van der Waals surface area contributed by atoms with Crippen molar-refractivity contribution in [2.75, 3.05) is 5.32 Å². The van der Waals surface area contributed by atoms with E-state index in [1.165, 1.54) is 27.9 Å². The van der Waals surface area contributed by atoms with Gasteiger partial charge in [0.1, 0.15) is 0 Å². The van der Waals surface area contributed by atoms with Crippen LogP contribution >= 0.6 is 0 Å². The van der Waals surface area contributed by atoms with E-state index in [4.69, 9.17) is 0 Å². The molecule has 1 nitrogen and oxygen atoms in total. The van der Waals surface area contributed by atoms with E-state index in [1.807, 2.05) is 0 Å². The molecule has 1 N–H and O–H groups in total. The fraction of sp³-hybridized carbons (Fsp3) is 0.294. The van der Waals surface area contributed by atoms with Crippen molar-refractivity contribution >= 4 is 5.69 Å². The molecule has 2 aromatic rings. The fourth-order valence-electron chi connectivity index (χ4n) is 2.15. The lowest BCUT2D eigenvalue weighted by atomic mass is 10.0. The number of benzene rings is 2. The number of rotatable bonds is 3. The second-order valence-corrected chi connectivity index (χ2v) is 5.10. The quantitative estimate of drug-likeness (QED) is 0.812. The highest BCUT2D eigenvalue weighted by Crippen LogP contribution is 2.23. The van der Waals surface area contributed by atoms with Gasteiger partial charge in [0.2, 0.25) is 0 Å². The highest BCUT2D eigenvalue weighted by Gasteiger charge is 2.06. The van der Waals surface area contributed by atoms with Crippen LogP contribution in [0.15, 0.2) is 42.5 Å². The Kier molecular flexibility index (Phi) is 3.71. The molecular formula is C17H21N. The Morgan fingerprint density at radius 3 is 2.06 bits per heavy atom. The zero-order chi connectivity index (χ0) is 13.1. The number of hydrogen-bond acceptors (Lipinski definition) is 1. The SMILES string of the molecule is Cc1ccc(C(C)Nc2ccc(C)cc2C)cc1. The Hall–Kier alpha value is -1.76. The highest BCUT2D eigenvalue weighted by atomic mass is 14.9. The van der Waals surface area contributed by atoms with Gasteiger partial charge in [-0.2, -0.15) is 0 Å². The minimum absolute atomic E-state index is 0.326. The Morgan fingerprint density at radius 2 is 1.44 bits per heavy atom. The molecule has 0 spiro atoms. The summed E-state index contributed by atoms with van der Waals surface area (Å²) in [6.07, 6.45) is 0. The first-order valence-corrected chi connectivity index (χ1v) is 6.46. The third-order valence-corrected chi connectivity index (χ3v) is 3.33. The number of anilines is 1. The van der Waals surface area contributed by atoms with Gasteiger partial charge in [-0.15, -0.1) is 0 Å². The molecule has 0 heterocycles. The summed E-state index contributed by atoms with van der Waals surface area (Å²) in [7, 11) is 0. The third-order valence-electron chi connectivity index (χ3n) is 3.33. The minimum atomic E-state index is 0.326. The van der Waals surface area contributed by atoms with E-state index < -0.39 is 0 Å². The molecule has 0 amide bonds. The molecule has 2 rings (SSSR count). The van der Waals surface area contributed by atoms with Gasteiger partial charge in [-0.25, -0.2) is 0 Å². The number of aryl methyl sites for hydroxylation is 3. The normalized spacial score (nSPS) is 12.2. The van der Waals surface area contributed by atoms with Crippen molar-refractivity contribution in [3.63, 3.8) is 0 Å². The number of hydrogen-bond donors (Lipinski definition) is 1. The summed E-state index contributed by atoms with van der Waals surface area (Å²) >= 11 is 0. The average molecular weight is 239 g/mol. The van der Waals surface area contributed by atoms with E-state index in [-0.39, 0.29) is 0 Å². The maximum Gasteiger partial charge on any atom is 0.0485 e. The average Bonchev–Trinajstić information content (AvgIpc) is 2.33. The zero-order valence-electron chi connectivity index (χ0n) is 11.6. The van der Waals surface area contributed by atoms with Crippen molar-refractivity contribution in [2.24, 2.45) is 0 Å². The third kappa shape index (κ3) is 2.92. The van der Waals surface area contributed by atoms with Crippen molar-refractivity contribution < 1.29 is 0 Å². The van der Waals surface area contributed by atoms with Gasteiger partial charge in [-0.3, -0.25) is 0 Å². The monoisotopic (exact) mass is 239 g/mol. The standard InChI is InChI=1S/C17H21N/c1-12-5-8-16(9-6-12)15(4)18-17-10-7-13(2)11-14(17)3/h5-11,15,18H,1-4H3. The molecule has 2 aromatic carbocycles. The topological polar surface area (TPSA) is 12.0 Å². The van der Waals surface area contributed by atoms with Crippen LogP contribution in [0.25, 0.3) is 0 Å². The molecule has 0 aromatic heterocycles. The summed E-state index contributed by atoms with van der Waals surface area (Å²) in [5.74, 6) is 0. The molecule has 1 unspecified atom stereocenters. The summed E-state index contributed by atoms with van der Waals surface area (Å²) in [5, 5.41) is 3.57. The first-order valence-electron chi connectivity index (χ1n) is 6.46. The lowest BCUT2D eigenvalue weighted by Crippen LogP contribution is -2.07. The zero-order valence-corrected chi connectivity index (χ0v) is 11.6. The van der Waals surface area contributed by atoms with Gasteiger partial charge in [0.25, 0.3) is 0 Å². The van der Waals surface area contributed by atoms with Gasteiger partial charge >= 0.3 is 0 Å². The summed E-state index contributed by atoms with van der Waals surface area (Å²) in [5.41, 5.74) is 6.45. The molecule has 1 atom stereocenters.